The maximum absolute atomic E-state index is 12.8. The Hall–Kier alpha value is -3.22. The normalized spacial score (nSPS) is 20.3. The summed E-state index contributed by atoms with van der Waals surface area (Å²) in [5.41, 5.74) is 1.57. The molecule has 1 aliphatic rings. The number of aryl methyl sites for hydroxylation is 1. The van der Waals surface area contributed by atoms with E-state index < -0.39 is 11.6 Å². The number of carbonyl (C=O) groups is 2. The zero-order chi connectivity index (χ0) is 17.6. The predicted octanol–water partition coefficient (Wildman–Crippen LogP) is 2.50. The Morgan fingerprint density at radius 1 is 1.12 bits per heavy atom. The molecule has 0 saturated carbocycles. The first-order chi connectivity index (χ1) is 12.0. The molecule has 1 N–H and O–H groups in total. The molecule has 126 valence electrons. The minimum absolute atomic E-state index is 0.0602. The molecule has 7 heteroatoms. The van der Waals surface area contributed by atoms with Crippen molar-refractivity contribution in [2.24, 2.45) is 0 Å². The summed E-state index contributed by atoms with van der Waals surface area (Å²) >= 11 is 0. The first-order valence-corrected chi connectivity index (χ1v) is 7.89. The number of aromatic nitrogens is 2. The van der Waals surface area contributed by atoms with E-state index in [2.05, 4.69) is 15.3 Å². The van der Waals surface area contributed by atoms with Gasteiger partial charge in [0.1, 0.15) is 5.76 Å². The number of imide groups is 1. The quantitative estimate of drug-likeness (QED) is 0.742. The molecule has 3 heterocycles. The fourth-order valence-electron chi connectivity index (χ4n) is 2.99. The van der Waals surface area contributed by atoms with Crippen LogP contribution >= 0.6 is 0 Å². The van der Waals surface area contributed by atoms with Crippen LogP contribution in [-0.4, -0.2) is 26.8 Å². The first kappa shape index (κ1) is 15.3. The average molecular weight is 336 g/mol. The van der Waals surface area contributed by atoms with Gasteiger partial charge in [0.25, 0.3) is 5.91 Å². The summed E-state index contributed by atoms with van der Waals surface area (Å²) in [5, 5.41) is 2.70. The summed E-state index contributed by atoms with van der Waals surface area (Å²) < 4.78 is 5.33. The van der Waals surface area contributed by atoms with Crippen LogP contribution in [0.1, 0.15) is 24.1 Å². The molecule has 0 spiro atoms. The number of urea groups is 1. The zero-order valence-corrected chi connectivity index (χ0v) is 13.8. The highest BCUT2D eigenvalue weighted by Gasteiger charge is 2.51. The highest BCUT2D eigenvalue weighted by Crippen LogP contribution is 2.30. The number of hydrogen-bond acceptors (Lipinski definition) is 5. The van der Waals surface area contributed by atoms with Crippen molar-refractivity contribution in [3.05, 3.63) is 59.8 Å². The number of hydrogen-bond donors (Lipinski definition) is 1. The second-order valence-electron chi connectivity index (χ2n) is 6.17. The molecule has 1 saturated heterocycles. The molecule has 3 amide bonds. The Labute approximate surface area is 143 Å². The van der Waals surface area contributed by atoms with E-state index in [-0.39, 0.29) is 12.5 Å². The van der Waals surface area contributed by atoms with E-state index in [9.17, 15) is 9.59 Å². The van der Waals surface area contributed by atoms with Gasteiger partial charge in [-0.15, -0.1) is 0 Å². The van der Waals surface area contributed by atoms with E-state index in [0.29, 0.717) is 17.1 Å². The molecule has 7 nitrogen and oxygen atoms in total. The molecule has 1 atom stereocenters. The van der Waals surface area contributed by atoms with Gasteiger partial charge >= 0.3 is 6.03 Å². The topological polar surface area (TPSA) is 88.3 Å². The molecule has 1 aliphatic heterocycles. The average Bonchev–Trinajstić information content (AvgIpc) is 3.20. The van der Waals surface area contributed by atoms with Gasteiger partial charge in [0.2, 0.25) is 0 Å². The smallest absolute Gasteiger partial charge is 0.325 e. The van der Waals surface area contributed by atoms with Crippen LogP contribution in [0.5, 0.6) is 0 Å². The second-order valence-corrected chi connectivity index (χ2v) is 6.17. The van der Waals surface area contributed by atoms with Crippen molar-refractivity contribution in [2.45, 2.75) is 25.9 Å². The van der Waals surface area contributed by atoms with Crippen molar-refractivity contribution in [1.82, 2.24) is 20.2 Å². The monoisotopic (exact) mass is 336 g/mol. The molecular weight excluding hydrogens is 320 g/mol. The predicted molar refractivity (Wildman–Crippen MR) is 89.4 cm³/mol. The number of carbonyl (C=O) groups excluding carboxylic acids is 2. The van der Waals surface area contributed by atoms with E-state index in [1.807, 2.05) is 31.2 Å². The van der Waals surface area contributed by atoms with Gasteiger partial charge in [-0.25, -0.2) is 14.8 Å². The van der Waals surface area contributed by atoms with Gasteiger partial charge in [0.05, 0.1) is 35.2 Å². The van der Waals surface area contributed by atoms with E-state index in [4.69, 9.17) is 4.42 Å². The van der Waals surface area contributed by atoms with Gasteiger partial charge < -0.3 is 9.73 Å². The maximum atomic E-state index is 12.8. The van der Waals surface area contributed by atoms with Crippen LogP contribution in [0.25, 0.3) is 11.0 Å². The fourth-order valence-corrected chi connectivity index (χ4v) is 2.99. The molecule has 0 radical (unpaired) electrons. The Morgan fingerprint density at radius 2 is 1.84 bits per heavy atom. The number of fused-ring (bicyclic) bond motifs is 1. The van der Waals surface area contributed by atoms with Crippen molar-refractivity contribution in [3.63, 3.8) is 0 Å². The van der Waals surface area contributed by atoms with Crippen LogP contribution < -0.4 is 5.32 Å². The third-order valence-electron chi connectivity index (χ3n) is 4.44. The minimum Gasteiger partial charge on any atom is -0.466 e. The van der Waals surface area contributed by atoms with Crippen LogP contribution in [0.2, 0.25) is 0 Å². The lowest BCUT2D eigenvalue weighted by molar-refractivity contribution is -0.132. The molecule has 0 unspecified atom stereocenters. The lowest BCUT2D eigenvalue weighted by Gasteiger charge is -2.19. The van der Waals surface area contributed by atoms with Gasteiger partial charge in [-0.3, -0.25) is 9.69 Å². The van der Waals surface area contributed by atoms with E-state index in [1.54, 1.807) is 19.1 Å². The van der Waals surface area contributed by atoms with Gasteiger partial charge in [0.15, 0.2) is 5.54 Å². The number of rotatable bonds is 3. The number of furan rings is 1. The summed E-state index contributed by atoms with van der Waals surface area (Å²) in [6.07, 6.45) is 1.47. The second kappa shape index (κ2) is 5.41. The van der Waals surface area contributed by atoms with E-state index in [0.717, 1.165) is 15.9 Å². The van der Waals surface area contributed by atoms with Crippen molar-refractivity contribution >= 4 is 23.0 Å². The largest absolute Gasteiger partial charge is 0.466 e. The standard InChI is InChI=1S/C18H16N4O3/c1-11-14(20-13-7-4-3-6-12(13)19-11)10-22-16(23)18(2,21-17(22)24)15-8-5-9-25-15/h3-9H,10H2,1-2H3,(H,21,24)/t18-/m1/s1. The fraction of sp³-hybridized carbons (Fsp3) is 0.222. The van der Waals surface area contributed by atoms with Crippen LogP contribution in [-0.2, 0) is 16.9 Å². The molecule has 2 aromatic heterocycles. The van der Waals surface area contributed by atoms with Crippen LogP contribution in [0.4, 0.5) is 4.79 Å². The third kappa shape index (κ3) is 2.36. The van der Waals surface area contributed by atoms with Crippen LogP contribution in [0, 0.1) is 6.92 Å². The first-order valence-electron chi connectivity index (χ1n) is 7.89. The molecule has 3 aromatic rings. The van der Waals surface area contributed by atoms with Gasteiger partial charge in [0, 0.05) is 0 Å². The van der Waals surface area contributed by atoms with Gasteiger partial charge in [-0.1, -0.05) is 12.1 Å². The Bertz CT molecular complexity index is 983. The number of amides is 3. The van der Waals surface area contributed by atoms with Gasteiger partial charge in [-0.2, -0.15) is 0 Å². The SMILES string of the molecule is Cc1nc2ccccc2nc1CN1C(=O)N[C@](C)(c2ccco2)C1=O. The highest BCUT2D eigenvalue weighted by atomic mass is 16.3. The molecule has 0 bridgehead atoms. The van der Waals surface area contributed by atoms with Gasteiger partial charge in [-0.05, 0) is 38.1 Å². The molecule has 1 fully saturated rings. The summed E-state index contributed by atoms with van der Waals surface area (Å²) in [4.78, 5) is 35.4. The van der Waals surface area contributed by atoms with Crippen LogP contribution in [0.3, 0.4) is 0 Å². The lowest BCUT2D eigenvalue weighted by Crippen LogP contribution is -2.40. The highest BCUT2D eigenvalue weighted by molar-refractivity contribution is 6.06. The van der Waals surface area contributed by atoms with E-state index in [1.165, 1.54) is 6.26 Å². The molecule has 4 rings (SSSR count). The molecule has 1 aromatic carbocycles. The van der Waals surface area contributed by atoms with Crippen molar-refractivity contribution in [3.8, 4) is 0 Å². The minimum atomic E-state index is -1.21. The lowest BCUT2D eigenvalue weighted by atomic mass is 9.99. The Morgan fingerprint density at radius 3 is 2.52 bits per heavy atom. The number of nitrogens with zero attached hydrogens (tertiary/aromatic N) is 3. The molecule has 25 heavy (non-hydrogen) atoms. The molecular formula is C18H16N4O3. The summed E-state index contributed by atoms with van der Waals surface area (Å²) in [6, 6.07) is 10.4. The summed E-state index contributed by atoms with van der Waals surface area (Å²) in [5.74, 6) is 0.0245. The third-order valence-corrected chi connectivity index (χ3v) is 4.44. The number of nitrogens with one attached hydrogen (secondary N) is 1. The number of benzene rings is 1. The van der Waals surface area contributed by atoms with Crippen molar-refractivity contribution < 1.29 is 14.0 Å². The van der Waals surface area contributed by atoms with Crippen molar-refractivity contribution in [2.75, 3.05) is 0 Å². The summed E-state index contributed by atoms with van der Waals surface area (Å²) in [6.45, 7) is 3.51. The maximum Gasteiger partial charge on any atom is 0.325 e. The summed E-state index contributed by atoms with van der Waals surface area (Å²) in [7, 11) is 0. The molecule has 0 aliphatic carbocycles. The number of para-hydroxylation sites is 2. The van der Waals surface area contributed by atoms with Crippen LogP contribution in [0.15, 0.2) is 47.1 Å². The Balaban J connectivity index is 1.68. The van der Waals surface area contributed by atoms with E-state index >= 15 is 0 Å². The zero-order valence-electron chi connectivity index (χ0n) is 13.8. The van der Waals surface area contributed by atoms with Crippen molar-refractivity contribution in [1.29, 1.82) is 0 Å². The Kier molecular flexibility index (Phi) is 3.31.